The second kappa shape index (κ2) is 5.32. The molecule has 4 aliphatic rings. The van der Waals surface area contributed by atoms with Gasteiger partial charge in [-0.05, 0) is 12.1 Å². The molecular formula is C20H21NO6. The lowest BCUT2D eigenvalue weighted by Gasteiger charge is -2.46. The molecule has 7 nitrogen and oxygen atoms in total. The Morgan fingerprint density at radius 2 is 2.04 bits per heavy atom. The topological polar surface area (TPSA) is 86.1 Å². The predicted molar refractivity (Wildman–Crippen MR) is 91.2 cm³/mol. The number of methoxy groups -OCH3 is 1. The van der Waals surface area contributed by atoms with Gasteiger partial charge in [0.1, 0.15) is 23.1 Å². The average Bonchev–Trinajstić information content (AvgIpc) is 3.42. The Kier molecular flexibility index (Phi) is 3.30. The Balaban J connectivity index is 1.67. The highest BCUT2D eigenvalue weighted by Gasteiger charge is 2.75. The first-order valence-corrected chi connectivity index (χ1v) is 9.26. The Hall–Kier alpha value is -2.41. The smallest absolute Gasteiger partial charge is 0.312 e. The lowest BCUT2D eigenvalue weighted by atomic mass is 9.69. The molecular weight excluding hydrogens is 350 g/mol. The van der Waals surface area contributed by atoms with Crippen molar-refractivity contribution in [3.8, 4) is 0 Å². The standard InChI is InChI=1S/C20H21NO6/c1-9-15(12-5-4-8-26-12)21-17(10(2)16(9)22)20-7-6-11(27-20)13(19(24)25-3)14(20)18(21)23/h4-11,13-15,17H,1-3H3/t9?,10?,11-,13?,14?,15?,17?,20+/m1/s1. The van der Waals surface area contributed by atoms with Gasteiger partial charge in [-0.25, -0.2) is 0 Å². The van der Waals surface area contributed by atoms with E-state index in [9.17, 15) is 14.4 Å². The molecule has 6 unspecified atom stereocenters. The Bertz CT molecular complexity index is 860. The van der Waals surface area contributed by atoms with Gasteiger partial charge in [0.2, 0.25) is 5.91 Å². The molecule has 0 aromatic carbocycles. The van der Waals surface area contributed by atoms with E-state index in [0.717, 1.165) is 0 Å². The van der Waals surface area contributed by atoms with Gasteiger partial charge in [-0.15, -0.1) is 0 Å². The number of rotatable bonds is 2. The molecule has 0 N–H and O–H groups in total. The normalized spacial score (nSPS) is 44.6. The number of carbonyl (C=O) groups is 3. The summed E-state index contributed by atoms with van der Waals surface area (Å²) in [5.74, 6) is -2.15. The van der Waals surface area contributed by atoms with Crippen LogP contribution in [0.5, 0.6) is 0 Å². The van der Waals surface area contributed by atoms with Crippen LogP contribution in [0.25, 0.3) is 0 Å². The van der Waals surface area contributed by atoms with E-state index in [-0.39, 0.29) is 11.7 Å². The quantitative estimate of drug-likeness (QED) is 0.578. The van der Waals surface area contributed by atoms with Crippen LogP contribution in [0.1, 0.15) is 25.6 Å². The molecule has 27 heavy (non-hydrogen) atoms. The highest BCUT2D eigenvalue weighted by Crippen LogP contribution is 2.60. The molecule has 3 fully saturated rings. The van der Waals surface area contributed by atoms with E-state index in [1.54, 1.807) is 23.3 Å². The van der Waals surface area contributed by atoms with Gasteiger partial charge >= 0.3 is 5.97 Å². The lowest BCUT2D eigenvalue weighted by Crippen LogP contribution is -2.58. The summed E-state index contributed by atoms with van der Waals surface area (Å²) in [6.45, 7) is 3.67. The summed E-state index contributed by atoms with van der Waals surface area (Å²) in [5, 5.41) is 0. The SMILES string of the molecule is COC(=O)C1C2C(=O)N3C(c4ccco4)C(C)C(=O)C(C)C3[C@]23C=C[C@H]1O3. The summed E-state index contributed by atoms with van der Waals surface area (Å²) >= 11 is 0. The number of fused-ring (bicyclic) bond motifs is 2. The highest BCUT2D eigenvalue weighted by atomic mass is 16.5. The third-order valence-electron chi connectivity index (χ3n) is 6.82. The number of nitrogens with zero attached hydrogens (tertiary/aromatic N) is 1. The minimum atomic E-state index is -0.972. The van der Waals surface area contributed by atoms with Crippen molar-refractivity contribution in [2.24, 2.45) is 23.7 Å². The lowest BCUT2D eigenvalue weighted by molar-refractivity contribution is -0.157. The van der Waals surface area contributed by atoms with E-state index < -0.39 is 53.4 Å². The van der Waals surface area contributed by atoms with Crippen LogP contribution in [0.3, 0.4) is 0 Å². The van der Waals surface area contributed by atoms with Gasteiger partial charge in [-0.1, -0.05) is 26.0 Å². The van der Waals surface area contributed by atoms with Gasteiger partial charge in [0.25, 0.3) is 0 Å². The van der Waals surface area contributed by atoms with Crippen LogP contribution < -0.4 is 0 Å². The van der Waals surface area contributed by atoms with Crippen LogP contribution in [-0.2, 0) is 23.9 Å². The fraction of sp³-hybridized carbons (Fsp3) is 0.550. The minimum absolute atomic E-state index is 0.0717. The van der Waals surface area contributed by atoms with Crippen molar-refractivity contribution in [2.75, 3.05) is 7.11 Å². The molecule has 5 rings (SSSR count). The number of piperidine rings is 1. The largest absolute Gasteiger partial charge is 0.469 e. The van der Waals surface area contributed by atoms with Crippen molar-refractivity contribution in [1.29, 1.82) is 0 Å². The van der Waals surface area contributed by atoms with Gasteiger partial charge in [-0.3, -0.25) is 14.4 Å². The second-order valence-corrected chi connectivity index (χ2v) is 7.95. The molecule has 8 atom stereocenters. The number of ketones is 1. The monoisotopic (exact) mass is 371 g/mol. The minimum Gasteiger partial charge on any atom is -0.469 e. The van der Waals surface area contributed by atoms with E-state index in [1.807, 2.05) is 26.0 Å². The van der Waals surface area contributed by atoms with Crippen molar-refractivity contribution >= 4 is 17.7 Å². The number of furan rings is 1. The van der Waals surface area contributed by atoms with Gasteiger partial charge in [0, 0.05) is 11.8 Å². The van der Waals surface area contributed by atoms with Crippen LogP contribution in [0.15, 0.2) is 35.0 Å². The zero-order chi connectivity index (χ0) is 19.1. The van der Waals surface area contributed by atoms with Crippen LogP contribution in [0.2, 0.25) is 0 Å². The van der Waals surface area contributed by atoms with E-state index in [2.05, 4.69) is 0 Å². The van der Waals surface area contributed by atoms with Gasteiger partial charge in [-0.2, -0.15) is 0 Å². The maximum Gasteiger partial charge on any atom is 0.312 e. The fourth-order valence-corrected chi connectivity index (χ4v) is 5.77. The summed E-state index contributed by atoms with van der Waals surface area (Å²) in [6, 6.07) is 2.56. The van der Waals surface area contributed by atoms with E-state index in [1.165, 1.54) is 7.11 Å². The zero-order valence-corrected chi connectivity index (χ0v) is 15.3. The maximum absolute atomic E-state index is 13.6. The molecule has 4 aliphatic heterocycles. The summed E-state index contributed by atoms with van der Waals surface area (Å²) < 4.78 is 16.8. The van der Waals surface area contributed by atoms with E-state index in [4.69, 9.17) is 13.9 Å². The first-order chi connectivity index (χ1) is 12.9. The van der Waals surface area contributed by atoms with Crippen molar-refractivity contribution < 1.29 is 28.3 Å². The van der Waals surface area contributed by atoms with Crippen LogP contribution in [-0.4, -0.2) is 47.4 Å². The van der Waals surface area contributed by atoms with Crippen molar-refractivity contribution in [3.05, 3.63) is 36.3 Å². The molecule has 0 radical (unpaired) electrons. The Labute approximate surface area is 156 Å². The predicted octanol–water partition coefficient (Wildman–Crippen LogP) is 1.50. The molecule has 5 heterocycles. The van der Waals surface area contributed by atoms with Gasteiger partial charge in [0.15, 0.2) is 0 Å². The second-order valence-electron chi connectivity index (χ2n) is 7.95. The molecule has 0 saturated carbocycles. The Morgan fingerprint density at radius 1 is 1.26 bits per heavy atom. The molecule has 7 heteroatoms. The van der Waals surface area contributed by atoms with E-state index in [0.29, 0.717) is 5.76 Å². The first kappa shape index (κ1) is 16.7. The summed E-state index contributed by atoms with van der Waals surface area (Å²) in [7, 11) is 1.32. The number of amides is 1. The molecule has 1 spiro atoms. The van der Waals surface area contributed by atoms with Crippen LogP contribution in [0, 0.1) is 23.7 Å². The van der Waals surface area contributed by atoms with Gasteiger partial charge in [0.05, 0.1) is 37.5 Å². The molecule has 1 aromatic heterocycles. The third-order valence-corrected chi connectivity index (χ3v) is 6.82. The third kappa shape index (κ3) is 1.83. The number of hydrogen-bond donors (Lipinski definition) is 0. The van der Waals surface area contributed by atoms with Crippen LogP contribution >= 0.6 is 0 Å². The van der Waals surface area contributed by atoms with Crippen molar-refractivity contribution in [2.45, 2.75) is 37.6 Å². The van der Waals surface area contributed by atoms with Crippen molar-refractivity contribution in [3.63, 3.8) is 0 Å². The summed E-state index contributed by atoms with van der Waals surface area (Å²) in [4.78, 5) is 40.8. The van der Waals surface area contributed by atoms with Crippen LogP contribution in [0.4, 0.5) is 0 Å². The summed E-state index contributed by atoms with van der Waals surface area (Å²) in [5.41, 5.74) is -0.972. The average molecular weight is 371 g/mol. The van der Waals surface area contributed by atoms with Crippen molar-refractivity contribution in [1.82, 2.24) is 4.90 Å². The maximum atomic E-state index is 13.6. The molecule has 1 aromatic rings. The molecule has 142 valence electrons. The number of Topliss-reactive ketones (excluding diaryl/α,β-unsaturated/α-hetero) is 1. The molecule has 0 aliphatic carbocycles. The number of hydrogen-bond acceptors (Lipinski definition) is 6. The van der Waals surface area contributed by atoms with E-state index >= 15 is 0 Å². The summed E-state index contributed by atoms with van der Waals surface area (Å²) in [6.07, 6.45) is 4.76. The van der Waals surface area contributed by atoms with Gasteiger partial charge < -0.3 is 18.8 Å². The molecule has 2 bridgehead atoms. The zero-order valence-electron chi connectivity index (χ0n) is 15.3. The first-order valence-electron chi connectivity index (χ1n) is 9.26. The fourth-order valence-electron chi connectivity index (χ4n) is 5.77. The number of ether oxygens (including phenoxy) is 2. The molecule has 3 saturated heterocycles. The number of carbonyl (C=O) groups excluding carboxylic acids is 3. The highest BCUT2D eigenvalue weighted by molar-refractivity contribution is 5.96. The molecule has 1 amide bonds. The Morgan fingerprint density at radius 3 is 2.70 bits per heavy atom. The number of esters is 1.